The fourth-order valence-corrected chi connectivity index (χ4v) is 2.81. The zero-order valence-electron chi connectivity index (χ0n) is 12.4. The monoisotopic (exact) mass is 278 g/mol. The number of hydrogen-bond donors (Lipinski definition) is 0. The van der Waals surface area contributed by atoms with Crippen LogP contribution in [0.1, 0.15) is 51.8 Å². The minimum absolute atomic E-state index is 0.128. The molecule has 1 aromatic heterocycles. The van der Waals surface area contributed by atoms with E-state index in [9.17, 15) is 9.59 Å². The predicted molar refractivity (Wildman–Crippen MR) is 74.2 cm³/mol. The summed E-state index contributed by atoms with van der Waals surface area (Å²) in [5, 5.41) is 4.53. The molecule has 0 radical (unpaired) electrons. The normalized spacial score (nSPS) is 22.3. The third kappa shape index (κ3) is 2.49. The lowest BCUT2D eigenvalue weighted by molar-refractivity contribution is -0.150. The predicted octanol–water partition coefficient (Wildman–Crippen LogP) is 2.31. The van der Waals surface area contributed by atoms with Crippen LogP contribution >= 0.6 is 0 Å². The molecule has 1 aromatic rings. The van der Waals surface area contributed by atoms with Gasteiger partial charge in [0, 0.05) is 19.0 Å². The number of cyclic esters (lactones) is 1. The molecule has 0 aromatic carbocycles. The Morgan fingerprint density at radius 3 is 2.70 bits per heavy atom. The SMILES string of the molecule is CCC(CC)n1ccc(CC2(C(C)=O)CCOC2=O)n1. The maximum absolute atomic E-state index is 11.9. The molecule has 1 atom stereocenters. The van der Waals surface area contributed by atoms with Gasteiger partial charge in [0.15, 0.2) is 0 Å². The number of Topliss-reactive ketones (excluding diaryl/α,β-unsaturated/α-hetero) is 1. The number of esters is 1. The van der Waals surface area contributed by atoms with Crippen molar-refractivity contribution in [3.63, 3.8) is 0 Å². The fourth-order valence-electron chi connectivity index (χ4n) is 2.81. The van der Waals surface area contributed by atoms with E-state index in [2.05, 4.69) is 18.9 Å². The molecule has 20 heavy (non-hydrogen) atoms. The molecule has 1 unspecified atom stereocenters. The molecule has 1 fully saturated rings. The molecule has 0 N–H and O–H groups in total. The number of carbonyl (C=O) groups is 2. The van der Waals surface area contributed by atoms with E-state index < -0.39 is 11.4 Å². The van der Waals surface area contributed by atoms with E-state index in [1.54, 1.807) is 0 Å². The van der Waals surface area contributed by atoms with Gasteiger partial charge in [0.05, 0.1) is 18.3 Å². The number of carbonyl (C=O) groups excluding carboxylic acids is 2. The molecule has 110 valence electrons. The number of rotatable bonds is 6. The van der Waals surface area contributed by atoms with Crippen LogP contribution in [0.5, 0.6) is 0 Å². The number of ketones is 1. The van der Waals surface area contributed by atoms with Crippen molar-refractivity contribution in [1.29, 1.82) is 0 Å². The molecule has 1 aliphatic heterocycles. The molecular weight excluding hydrogens is 256 g/mol. The summed E-state index contributed by atoms with van der Waals surface area (Å²) in [5.74, 6) is -0.529. The Kier molecular flexibility index (Phi) is 4.26. The topological polar surface area (TPSA) is 61.2 Å². The molecule has 5 nitrogen and oxygen atoms in total. The van der Waals surface area contributed by atoms with E-state index in [0.717, 1.165) is 18.5 Å². The molecule has 0 spiro atoms. The van der Waals surface area contributed by atoms with Gasteiger partial charge in [-0.1, -0.05) is 13.8 Å². The summed E-state index contributed by atoms with van der Waals surface area (Å²) in [7, 11) is 0. The van der Waals surface area contributed by atoms with Gasteiger partial charge in [0.25, 0.3) is 0 Å². The van der Waals surface area contributed by atoms with E-state index in [-0.39, 0.29) is 5.78 Å². The Hall–Kier alpha value is -1.65. The third-order valence-electron chi connectivity index (χ3n) is 4.29. The molecular formula is C15H22N2O3. The minimum atomic E-state index is -1.02. The maximum atomic E-state index is 11.9. The van der Waals surface area contributed by atoms with Crippen LogP contribution in [0.15, 0.2) is 12.3 Å². The first-order valence-corrected chi connectivity index (χ1v) is 7.25. The van der Waals surface area contributed by atoms with Crippen LogP contribution < -0.4 is 0 Å². The van der Waals surface area contributed by atoms with Crippen LogP contribution in [0.4, 0.5) is 0 Å². The second-order valence-corrected chi connectivity index (χ2v) is 5.46. The fraction of sp³-hybridized carbons (Fsp3) is 0.667. The largest absolute Gasteiger partial charge is 0.465 e. The highest BCUT2D eigenvalue weighted by atomic mass is 16.5. The van der Waals surface area contributed by atoms with Crippen molar-refractivity contribution in [2.24, 2.45) is 5.41 Å². The Balaban J connectivity index is 2.20. The van der Waals surface area contributed by atoms with Crippen LogP contribution in [-0.2, 0) is 20.7 Å². The highest BCUT2D eigenvalue weighted by Gasteiger charge is 2.49. The summed E-state index contributed by atoms with van der Waals surface area (Å²) in [5.41, 5.74) is -0.237. The van der Waals surface area contributed by atoms with Crippen LogP contribution in [0, 0.1) is 5.41 Å². The van der Waals surface area contributed by atoms with Crippen molar-refractivity contribution in [1.82, 2.24) is 9.78 Å². The smallest absolute Gasteiger partial charge is 0.320 e. The molecule has 2 heterocycles. The van der Waals surface area contributed by atoms with Crippen molar-refractivity contribution in [3.05, 3.63) is 18.0 Å². The average molecular weight is 278 g/mol. The lowest BCUT2D eigenvalue weighted by atomic mass is 9.78. The van der Waals surface area contributed by atoms with Gasteiger partial charge in [-0.25, -0.2) is 0 Å². The number of hydrogen-bond acceptors (Lipinski definition) is 4. The van der Waals surface area contributed by atoms with Crippen molar-refractivity contribution in [3.8, 4) is 0 Å². The van der Waals surface area contributed by atoms with Crippen LogP contribution in [0.3, 0.4) is 0 Å². The van der Waals surface area contributed by atoms with Crippen molar-refractivity contribution < 1.29 is 14.3 Å². The van der Waals surface area contributed by atoms with Gasteiger partial charge in [-0.2, -0.15) is 5.10 Å². The van der Waals surface area contributed by atoms with Crippen molar-refractivity contribution in [2.75, 3.05) is 6.61 Å². The summed E-state index contributed by atoms with van der Waals surface area (Å²) >= 11 is 0. The Bertz CT molecular complexity index is 505. The van der Waals surface area contributed by atoms with Gasteiger partial charge < -0.3 is 4.74 Å². The lowest BCUT2D eigenvalue weighted by Crippen LogP contribution is -2.36. The molecule has 1 aliphatic rings. The van der Waals surface area contributed by atoms with Gasteiger partial charge >= 0.3 is 5.97 Å². The van der Waals surface area contributed by atoms with E-state index >= 15 is 0 Å². The summed E-state index contributed by atoms with van der Waals surface area (Å²) in [4.78, 5) is 23.8. The zero-order valence-corrected chi connectivity index (χ0v) is 12.4. The number of ether oxygens (including phenoxy) is 1. The summed E-state index contributed by atoms with van der Waals surface area (Å²) in [6.07, 6.45) is 4.75. The van der Waals surface area contributed by atoms with Crippen molar-refractivity contribution >= 4 is 11.8 Å². The highest BCUT2D eigenvalue weighted by molar-refractivity contribution is 6.03. The molecule has 0 amide bonds. The number of aromatic nitrogens is 2. The van der Waals surface area contributed by atoms with Gasteiger partial charge in [-0.15, -0.1) is 0 Å². The molecule has 1 saturated heterocycles. The van der Waals surface area contributed by atoms with E-state index in [4.69, 9.17) is 4.74 Å². The first-order chi connectivity index (χ1) is 9.53. The Labute approximate surface area is 119 Å². The van der Waals surface area contributed by atoms with Crippen LogP contribution in [0.25, 0.3) is 0 Å². The Morgan fingerprint density at radius 1 is 1.50 bits per heavy atom. The van der Waals surface area contributed by atoms with E-state index in [0.29, 0.717) is 25.5 Å². The van der Waals surface area contributed by atoms with E-state index in [1.807, 2.05) is 16.9 Å². The van der Waals surface area contributed by atoms with Gasteiger partial charge in [-0.05, 0) is 25.8 Å². The van der Waals surface area contributed by atoms with Gasteiger partial charge in [-0.3, -0.25) is 14.3 Å². The Morgan fingerprint density at radius 2 is 2.20 bits per heavy atom. The third-order valence-corrected chi connectivity index (χ3v) is 4.29. The lowest BCUT2D eigenvalue weighted by Gasteiger charge is -2.20. The highest BCUT2D eigenvalue weighted by Crippen LogP contribution is 2.34. The quantitative estimate of drug-likeness (QED) is 0.592. The second-order valence-electron chi connectivity index (χ2n) is 5.46. The number of nitrogens with zero attached hydrogens (tertiary/aromatic N) is 2. The van der Waals surface area contributed by atoms with Crippen LogP contribution in [-0.4, -0.2) is 28.1 Å². The second kappa shape index (κ2) is 5.77. The minimum Gasteiger partial charge on any atom is -0.465 e. The standard InChI is InChI=1S/C15H22N2O3/c1-4-13(5-2)17-8-6-12(16-17)10-15(11(3)18)7-9-20-14(15)19/h6,8,13H,4-5,7,9-10H2,1-3H3. The van der Waals surface area contributed by atoms with Crippen LogP contribution in [0.2, 0.25) is 0 Å². The van der Waals surface area contributed by atoms with E-state index in [1.165, 1.54) is 6.92 Å². The summed E-state index contributed by atoms with van der Waals surface area (Å²) in [6.45, 7) is 6.04. The first-order valence-electron chi connectivity index (χ1n) is 7.25. The molecule has 0 bridgehead atoms. The summed E-state index contributed by atoms with van der Waals surface area (Å²) in [6, 6.07) is 2.27. The van der Waals surface area contributed by atoms with Crippen molar-refractivity contribution in [2.45, 2.75) is 52.5 Å². The average Bonchev–Trinajstić information content (AvgIpc) is 3.00. The maximum Gasteiger partial charge on any atom is 0.320 e. The van der Waals surface area contributed by atoms with Gasteiger partial charge in [0.1, 0.15) is 11.2 Å². The molecule has 0 aliphatic carbocycles. The van der Waals surface area contributed by atoms with Gasteiger partial charge in [0.2, 0.25) is 0 Å². The zero-order chi connectivity index (χ0) is 14.8. The first kappa shape index (κ1) is 14.8. The molecule has 5 heteroatoms. The molecule has 0 saturated carbocycles. The summed E-state index contributed by atoms with van der Waals surface area (Å²) < 4.78 is 6.94. The molecule has 2 rings (SSSR count).